The minimum atomic E-state index is -0.384. The van der Waals surface area contributed by atoms with Crippen LogP contribution in [0.2, 0.25) is 5.15 Å². The summed E-state index contributed by atoms with van der Waals surface area (Å²) in [6, 6.07) is 16.4. The summed E-state index contributed by atoms with van der Waals surface area (Å²) in [6.45, 7) is 1.80. The average Bonchev–Trinajstić information content (AvgIpc) is 3.07. The maximum atomic E-state index is 12.0. The number of nitrogens with one attached hydrogen (secondary N) is 2. The second-order valence-corrected chi connectivity index (χ2v) is 6.97. The zero-order valence-electron chi connectivity index (χ0n) is 17.1. The van der Waals surface area contributed by atoms with Gasteiger partial charge in [0.25, 0.3) is 0 Å². The fourth-order valence-corrected chi connectivity index (χ4v) is 3.07. The third kappa shape index (κ3) is 5.93. The van der Waals surface area contributed by atoms with Gasteiger partial charge in [0.05, 0.1) is 30.3 Å². The molecule has 160 valence electrons. The normalized spacial score (nSPS) is 10.8. The van der Waals surface area contributed by atoms with Crippen LogP contribution in [-0.2, 0) is 9.59 Å². The lowest BCUT2D eigenvalue weighted by atomic mass is 10.2. The first-order chi connectivity index (χ1) is 15.0. The highest BCUT2D eigenvalue weighted by Crippen LogP contribution is 2.21. The molecule has 2 amide bonds. The molecule has 0 saturated heterocycles. The topological polar surface area (TPSA) is 97.6 Å². The van der Waals surface area contributed by atoms with E-state index >= 15 is 0 Å². The molecule has 9 heteroatoms. The van der Waals surface area contributed by atoms with Gasteiger partial charge in [-0.15, -0.1) is 0 Å². The zero-order valence-corrected chi connectivity index (χ0v) is 17.9. The van der Waals surface area contributed by atoms with Crippen LogP contribution >= 0.6 is 11.6 Å². The Morgan fingerprint density at radius 2 is 1.77 bits per heavy atom. The van der Waals surface area contributed by atoms with Crippen molar-refractivity contribution in [1.82, 2.24) is 15.2 Å². The lowest BCUT2D eigenvalue weighted by molar-refractivity contribution is -0.124. The van der Waals surface area contributed by atoms with Gasteiger partial charge in [0, 0.05) is 18.5 Å². The highest BCUT2D eigenvalue weighted by atomic mass is 35.5. The number of carbonyl (C=O) groups excluding carboxylic acids is 2. The molecule has 3 rings (SSSR count). The predicted molar refractivity (Wildman–Crippen MR) is 120 cm³/mol. The number of anilines is 1. The van der Waals surface area contributed by atoms with Crippen molar-refractivity contribution in [2.75, 3.05) is 12.4 Å². The number of methoxy groups -OCH3 is 1. The number of carbonyl (C=O) groups is 2. The minimum absolute atomic E-state index is 0.00464. The van der Waals surface area contributed by atoms with Crippen LogP contribution in [0, 0.1) is 6.92 Å². The summed E-state index contributed by atoms with van der Waals surface area (Å²) >= 11 is 6.41. The molecule has 31 heavy (non-hydrogen) atoms. The Bertz CT molecular complexity index is 1080. The number of nitrogens with zero attached hydrogens (tertiary/aromatic N) is 3. The van der Waals surface area contributed by atoms with Crippen LogP contribution in [0.25, 0.3) is 5.69 Å². The molecule has 0 unspecified atom stereocenters. The Labute approximate surface area is 184 Å². The van der Waals surface area contributed by atoms with Gasteiger partial charge in [0.15, 0.2) is 0 Å². The highest BCUT2D eigenvalue weighted by Gasteiger charge is 2.13. The predicted octanol–water partition coefficient (Wildman–Crippen LogP) is 3.71. The molecule has 3 aromatic rings. The first-order valence-electron chi connectivity index (χ1n) is 9.54. The number of hydrazone groups is 1. The van der Waals surface area contributed by atoms with Gasteiger partial charge in [-0.1, -0.05) is 29.8 Å². The van der Waals surface area contributed by atoms with Crippen molar-refractivity contribution in [3.8, 4) is 11.4 Å². The summed E-state index contributed by atoms with van der Waals surface area (Å²) in [4.78, 5) is 24.0. The Kier molecular flexibility index (Phi) is 7.40. The van der Waals surface area contributed by atoms with Gasteiger partial charge >= 0.3 is 0 Å². The van der Waals surface area contributed by atoms with Crippen LogP contribution < -0.4 is 15.5 Å². The van der Waals surface area contributed by atoms with Crippen molar-refractivity contribution < 1.29 is 14.3 Å². The molecule has 8 nitrogen and oxygen atoms in total. The molecule has 0 aliphatic heterocycles. The van der Waals surface area contributed by atoms with Crippen molar-refractivity contribution in [1.29, 1.82) is 0 Å². The van der Waals surface area contributed by atoms with E-state index < -0.39 is 0 Å². The van der Waals surface area contributed by atoms with Crippen molar-refractivity contribution >= 4 is 35.3 Å². The first-order valence-corrected chi connectivity index (χ1v) is 9.92. The van der Waals surface area contributed by atoms with Crippen LogP contribution in [0.4, 0.5) is 5.69 Å². The van der Waals surface area contributed by atoms with E-state index in [2.05, 4.69) is 20.9 Å². The third-order valence-corrected chi connectivity index (χ3v) is 4.75. The first kappa shape index (κ1) is 22.0. The van der Waals surface area contributed by atoms with Gasteiger partial charge in [-0.2, -0.15) is 10.2 Å². The fourth-order valence-electron chi connectivity index (χ4n) is 2.75. The van der Waals surface area contributed by atoms with E-state index in [1.54, 1.807) is 43.0 Å². The van der Waals surface area contributed by atoms with Crippen molar-refractivity contribution in [3.05, 3.63) is 71.0 Å². The monoisotopic (exact) mass is 439 g/mol. The summed E-state index contributed by atoms with van der Waals surface area (Å²) in [5, 5.41) is 11.5. The summed E-state index contributed by atoms with van der Waals surface area (Å²) in [6.07, 6.45) is 1.47. The number of benzene rings is 2. The molecule has 1 heterocycles. The number of hydrogen-bond donors (Lipinski definition) is 2. The van der Waals surface area contributed by atoms with Gasteiger partial charge in [0.1, 0.15) is 10.9 Å². The summed E-state index contributed by atoms with van der Waals surface area (Å²) < 4.78 is 6.67. The lowest BCUT2D eigenvalue weighted by Crippen LogP contribution is -2.20. The molecule has 0 radical (unpaired) electrons. The molecule has 1 aromatic heterocycles. The maximum Gasteiger partial charge on any atom is 0.240 e. The van der Waals surface area contributed by atoms with Crippen molar-refractivity contribution in [2.45, 2.75) is 19.8 Å². The number of aromatic nitrogens is 2. The van der Waals surface area contributed by atoms with Crippen LogP contribution in [0.3, 0.4) is 0 Å². The van der Waals surface area contributed by atoms with E-state index in [0.29, 0.717) is 27.8 Å². The molecule has 0 aliphatic rings. The number of para-hydroxylation sites is 1. The van der Waals surface area contributed by atoms with E-state index in [1.807, 2.05) is 30.3 Å². The molecule has 0 fully saturated rings. The Morgan fingerprint density at radius 3 is 2.45 bits per heavy atom. The molecule has 2 aromatic carbocycles. The molecule has 0 bridgehead atoms. The summed E-state index contributed by atoms with van der Waals surface area (Å²) in [5.41, 5.74) is 5.13. The summed E-state index contributed by atoms with van der Waals surface area (Å²) in [7, 11) is 1.57. The van der Waals surface area contributed by atoms with E-state index in [1.165, 1.54) is 6.21 Å². The SMILES string of the molecule is COc1ccc(NC(=O)CCC(=O)N/N=C/c2c(C)nn(-c3ccccc3)c2Cl)cc1. The van der Waals surface area contributed by atoms with Crippen LogP contribution in [0.1, 0.15) is 24.1 Å². The van der Waals surface area contributed by atoms with Crippen LogP contribution in [0.15, 0.2) is 59.7 Å². The standard InChI is InChI=1S/C22H22ClN5O3/c1-15-19(22(23)28(27-15)17-6-4-3-5-7-17)14-24-26-21(30)13-12-20(29)25-16-8-10-18(31-2)11-9-16/h3-11,14H,12-13H2,1-2H3,(H,25,29)(H,26,30)/b24-14+. The number of halogens is 1. The van der Waals surface area contributed by atoms with Crippen molar-refractivity contribution in [3.63, 3.8) is 0 Å². The smallest absolute Gasteiger partial charge is 0.240 e. The molecular formula is C22H22ClN5O3. The molecule has 0 saturated carbocycles. The quantitative estimate of drug-likeness (QED) is 0.413. The molecule has 0 aliphatic carbocycles. The Morgan fingerprint density at radius 1 is 1.10 bits per heavy atom. The van der Waals surface area contributed by atoms with E-state index in [0.717, 1.165) is 5.69 Å². The second kappa shape index (κ2) is 10.4. The highest BCUT2D eigenvalue weighted by molar-refractivity contribution is 6.32. The van der Waals surface area contributed by atoms with Gasteiger partial charge in [0.2, 0.25) is 11.8 Å². The van der Waals surface area contributed by atoms with E-state index in [9.17, 15) is 9.59 Å². The van der Waals surface area contributed by atoms with Crippen molar-refractivity contribution in [2.24, 2.45) is 5.10 Å². The van der Waals surface area contributed by atoms with Gasteiger partial charge in [-0.25, -0.2) is 10.1 Å². The zero-order chi connectivity index (χ0) is 22.2. The number of amides is 2. The van der Waals surface area contributed by atoms with Gasteiger partial charge in [-0.3, -0.25) is 9.59 Å². The second-order valence-electron chi connectivity index (χ2n) is 6.61. The lowest BCUT2D eigenvalue weighted by Gasteiger charge is -2.06. The number of rotatable bonds is 8. The average molecular weight is 440 g/mol. The number of hydrogen-bond acceptors (Lipinski definition) is 5. The summed E-state index contributed by atoms with van der Waals surface area (Å²) in [5.74, 6) is 0.0394. The molecule has 0 atom stereocenters. The number of aryl methyl sites for hydroxylation is 1. The molecular weight excluding hydrogens is 418 g/mol. The Hall–Kier alpha value is -3.65. The maximum absolute atomic E-state index is 12.0. The van der Waals surface area contributed by atoms with Gasteiger partial charge in [-0.05, 0) is 43.3 Å². The van der Waals surface area contributed by atoms with E-state index in [-0.39, 0.29) is 24.7 Å². The largest absolute Gasteiger partial charge is 0.497 e. The van der Waals surface area contributed by atoms with E-state index in [4.69, 9.17) is 16.3 Å². The molecule has 2 N–H and O–H groups in total. The minimum Gasteiger partial charge on any atom is -0.497 e. The van der Waals surface area contributed by atoms with Crippen LogP contribution in [0.5, 0.6) is 5.75 Å². The van der Waals surface area contributed by atoms with Crippen LogP contribution in [-0.4, -0.2) is 34.9 Å². The van der Waals surface area contributed by atoms with Gasteiger partial charge < -0.3 is 10.1 Å². The molecule has 0 spiro atoms. The Balaban J connectivity index is 1.50. The third-order valence-electron chi connectivity index (χ3n) is 4.38. The number of ether oxygens (including phenoxy) is 1. The fraction of sp³-hybridized carbons (Fsp3) is 0.182.